The van der Waals surface area contributed by atoms with Crippen LogP contribution >= 0.6 is 0 Å². The van der Waals surface area contributed by atoms with Crippen molar-refractivity contribution in [2.75, 3.05) is 0 Å². The summed E-state index contributed by atoms with van der Waals surface area (Å²) in [7, 11) is 0. The van der Waals surface area contributed by atoms with Gasteiger partial charge in [-0.3, -0.25) is 0 Å². The average Bonchev–Trinajstić information content (AvgIpc) is 2.04. The standard InChI is InChI=1S/C11H19NO/c1-2-3-4-6-10(13)11(9-12)7-5-8-11/h10,13H,2-8H2,1H3. The molecule has 0 aromatic rings. The molecule has 13 heavy (non-hydrogen) atoms. The van der Waals surface area contributed by atoms with E-state index in [4.69, 9.17) is 5.26 Å². The molecule has 0 aromatic carbocycles. The molecular formula is C11H19NO. The van der Waals surface area contributed by atoms with Crippen molar-refractivity contribution in [3.8, 4) is 6.07 Å². The van der Waals surface area contributed by atoms with Crippen LogP contribution in [0.1, 0.15) is 51.9 Å². The molecule has 0 heterocycles. The van der Waals surface area contributed by atoms with Gasteiger partial charge in [0.15, 0.2) is 0 Å². The van der Waals surface area contributed by atoms with Gasteiger partial charge in [0.05, 0.1) is 17.6 Å². The normalized spacial score (nSPS) is 21.6. The van der Waals surface area contributed by atoms with Crippen molar-refractivity contribution in [2.24, 2.45) is 5.41 Å². The second-order valence-electron chi connectivity index (χ2n) is 4.13. The maximum Gasteiger partial charge on any atom is 0.0832 e. The van der Waals surface area contributed by atoms with E-state index in [2.05, 4.69) is 13.0 Å². The summed E-state index contributed by atoms with van der Waals surface area (Å²) in [6.45, 7) is 2.15. The monoisotopic (exact) mass is 181 g/mol. The molecule has 1 aliphatic rings. The lowest BCUT2D eigenvalue weighted by molar-refractivity contribution is 0.00257. The van der Waals surface area contributed by atoms with Crippen LogP contribution in [-0.4, -0.2) is 11.2 Å². The van der Waals surface area contributed by atoms with Crippen molar-refractivity contribution in [3.05, 3.63) is 0 Å². The van der Waals surface area contributed by atoms with E-state index in [0.29, 0.717) is 0 Å². The zero-order chi connectivity index (χ0) is 9.73. The minimum Gasteiger partial charge on any atom is -0.391 e. The number of nitriles is 1. The highest BCUT2D eigenvalue weighted by Crippen LogP contribution is 2.44. The molecule has 74 valence electrons. The van der Waals surface area contributed by atoms with E-state index in [1.807, 2.05) is 0 Å². The number of aliphatic hydroxyl groups excluding tert-OH is 1. The minimum atomic E-state index is -0.377. The fourth-order valence-corrected chi connectivity index (χ4v) is 1.94. The van der Waals surface area contributed by atoms with Gasteiger partial charge in [-0.05, 0) is 19.3 Å². The second-order valence-corrected chi connectivity index (χ2v) is 4.13. The van der Waals surface area contributed by atoms with E-state index in [0.717, 1.165) is 32.1 Å². The molecule has 2 heteroatoms. The van der Waals surface area contributed by atoms with Crippen LogP contribution < -0.4 is 0 Å². The highest BCUT2D eigenvalue weighted by Gasteiger charge is 2.43. The third kappa shape index (κ3) is 2.22. The second kappa shape index (κ2) is 4.62. The third-order valence-electron chi connectivity index (χ3n) is 3.19. The number of hydrogen-bond donors (Lipinski definition) is 1. The largest absolute Gasteiger partial charge is 0.391 e. The predicted molar refractivity (Wildman–Crippen MR) is 52.0 cm³/mol. The van der Waals surface area contributed by atoms with Crippen molar-refractivity contribution in [2.45, 2.75) is 58.0 Å². The van der Waals surface area contributed by atoms with Crippen molar-refractivity contribution in [1.29, 1.82) is 5.26 Å². The average molecular weight is 181 g/mol. The van der Waals surface area contributed by atoms with Gasteiger partial charge in [0.1, 0.15) is 0 Å². The van der Waals surface area contributed by atoms with Gasteiger partial charge >= 0.3 is 0 Å². The highest BCUT2D eigenvalue weighted by atomic mass is 16.3. The molecule has 1 atom stereocenters. The first-order valence-corrected chi connectivity index (χ1v) is 5.34. The highest BCUT2D eigenvalue weighted by molar-refractivity contribution is 5.08. The van der Waals surface area contributed by atoms with Crippen LogP contribution in [0.2, 0.25) is 0 Å². The fraction of sp³-hybridized carbons (Fsp3) is 0.909. The Kier molecular flexibility index (Phi) is 3.74. The lowest BCUT2D eigenvalue weighted by Gasteiger charge is -2.39. The lowest BCUT2D eigenvalue weighted by Crippen LogP contribution is -2.39. The number of nitrogens with zero attached hydrogens (tertiary/aromatic N) is 1. The Balaban J connectivity index is 2.29. The van der Waals surface area contributed by atoms with E-state index in [-0.39, 0.29) is 11.5 Å². The fourth-order valence-electron chi connectivity index (χ4n) is 1.94. The van der Waals surface area contributed by atoms with E-state index >= 15 is 0 Å². The molecule has 0 bridgehead atoms. The Morgan fingerprint density at radius 2 is 2.15 bits per heavy atom. The first-order valence-electron chi connectivity index (χ1n) is 5.34. The van der Waals surface area contributed by atoms with Gasteiger partial charge in [-0.25, -0.2) is 0 Å². The molecular weight excluding hydrogens is 162 g/mol. The van der Waals surface area contributed by atoms with Gasteiger partial charge in [0.25, 0.3) is 0 Å². The number of aliphatic hydroxyl groups is 1. The lowest BCUT2D eigenvalue weighted by atomic mass is 9.65. The molecule has 2 nitrogen and oxygen atoms in total. The first kappa shape index (κ1) is 10.5. The van der Waals surface area contributed by atoms with Gasteiger partial charge in [0.2, 0.25) is 0 Å². The molecule has 0 aliphatic heterocycles. The Morgan fingerprint density at radius 3 is 2.54 bits per heavy atom. The molecule has 1 rings (SSSR count). The van der Waals surface area contributed by atoms with Crippen molar-refractivity contribution >= 4 is 0 Å². The van der Waals surface area contributed by atoms with Gasteiger partial charge in [-0.1, -0.05) is 32.6 Å². The van der Waals surface area contributed by atoms with Crippen molar-refractivity contribution < 1.29 is 5.11 Å². The Labute approximate surface area is 80.6 Å². The molecule has 0 radical (unpaired) electrons. The van der Waals surface area contributed by atoms with Crippen LogP contribution in [0.15, 0.2) is 0 Å². The molecule has 1 N–H and O–H groups in total. The zero-order valence-corrected chi connectivity index (χ0v) is 8.42. The minimum absolute atomic E-state index is 0.367. The van der Waals surface area contributed by atoms with Crippen LogP contribution in [0.25, 0.3) is 0 Å². The summed E-state index contributed by atoms with van der Waals surface area (Å²) < 4.78 is 0. The smallest absolute Gasteiger partial charge is 0.0832 e. The summed E-state index contributed by atoms with van der Waals surface area (Å²) in [6.07, 6.45) is 6.73. The predicted octanol–water partition coefficient (Wildman–Crippen LogP) is 2.62. The van der Waals surface area contributed by atoms with Gasteiger partial charge in [-0.15, -0.1) is 0 Å². The van der Waals surface area contributed by atoms with E-state index in [1.54, 1.807) is 0 Å². The zero-order valence-electron chi connectivity index (χ0n) is 8.42. The van der Waals surface area contributed by atoms with Gasteiger partial charge < -0.3 is 5.11 Å². The summed E-state index contributed by atoms with van der Waals surface area (Å²) >= 11 is 0. The molecule has 0 spiro atoms. The molecule has 1 saturated carbocycles. The Bertz CT molecular complexity index is 191. The van der Waals surface area contributed by atoms with Crippen LogP contribution in [0, 0.1) is 16.7 Å². The number of rotatable bonds is 5. The SMILES string of the molecule is CCCCCC(O)C1(C#N)CCC1. The summed E-state index contributed by atoms with van der Waals surface area (Å²) in [6, 6.07) is 2.29. The summed E-state index contributed by atoms with van der Waals surface area (Å²) in [4.78, 5) is 0. The third-order valence-corrected chi connectivity index (χ3v) is 3.19. The van der Waals surface area contributed by atoms with E-state index in [9.17, 15) is 5.11 Å². The molecule has 0 amide bonds. The molecule has 1 aliphatic carbocycles. The molecule has 0 saturated heterocycles. The van der Waals surface area contributed by atoms with Crippen LogP contribution in [0.5, 0.6) is 0 Å². The maximum atomic E-state index is 9.82. The molecule has 0 aromatic heterocycles. The topological polar surface area (TPSA) is 44.0 Å². The Morgan fingerprint density at radius 1 is 1.46 bits per heavy atom. The van der Waals surface area contributed by atoms with E-state index in [1.165, 1.54) is 12.8 Å². The van der Waals surface area contributed by atoms with Crippen LogP contribution in [0.4, 0.5) is 0 Å². The van der Waals surface area contributed by atoms with Crippen molar-refractivity contribution in [3.63, 3.8) is 0 Å². The summed E-state index contributed by atoms with van der Waals surface area (Å²) in [5.74, 6) is 0. The number of unbranched alkanes of at least 4 members (excludes halogenated alkanes) is 2. The number of hydrogen-bond acceptors (Lipinski definition) is 2. The van der Waals surface area contributed by atoms with Gasteiger partial charge in [0, 0.05) is 0 Å². The first-order chi connectivity index (χ1) is 6.25. The maximum absolute atomic E-state index is 9.82. The summed E-state index contributed by atoms with van der Waals surface area (Å²) in [5, 5.41) is 18.8. The van der Waals surface area contributed by atoms with Crippen LogP contribution in [-0.2, 0) is 0 Å². The van der Waals surface area contributed by atoms with Gasteiger partial charge in [-0.2, -0.15) is 5.26 Å². The summed E-state index contributed by atoms with van der Waals surface area (Å²) in [5.41, 5.74) is -0.367. The van der Waals surface area contributed by atoms with Crippen molar-refractivity contribution in [1.82, 2.24) is 0 Å². The van der Waals surface area contributed by atoms with Crippen LogP contribution in [0.3, 0.4) is 0 Å². The Hall–Kier alpha value is -0.550. The molecule has 1 fully saturated rings. The van der Waals surface area contributed by atoms with E-state index < -0.39 is 0 Å². The molecule has 1 unspecified atom stereocenters. The quantitative estimate of drug-likeness (QED) is 0.662.